The molecule has 0 aromatic carbocycles. The van der Waals surface area contributed by atoms with Crippen molar-refractivity contribution in [1.82, 2.24) is 15.1 Å². The van der Waals surface area contributed by atoms with E-state index in [1.807, 2.05) is 11.8 Å². The lowest BCUT2D eigenvalue weighted by molar-refractivity contribution is -0.135. The molecule has 3 aliphatic rings. The summed E-state index contributed by atoms with van der Waals surface area (Å²) in [4.78, 5) is 16.8. The van der Waals surface area contributed by atoms with Crippen LogP contribution in [0.25, 0.3) is 0 Å². The molecule has 3 rings (SSSR count). The second kappa shape index (κ2) is 7.20. The first-order valence-electron chi connectivity index (χ1n) is 6.18. The Morgan fingerprint density at radius 3 is 2.78 bits per heavy atom. The zero-order valence-corrected chi connectivity index (χ0v) is 12.8. The normalized spacial score (nSPS) is 31.4. The molecule has 3 aliphatic heterocycles. The molecule has 3 heterocycles. The van der Waals surface area contributed by atoms with E-state index in [1.165, 1.54) is 19.4 Å². The highest BCUT2D eigenvalue weighted by atomic mass is 35.5. The number of piperazine rings is 1. The summed E-state index contributed by atoms with van der Waals surface area (Å²) in [7, 11) is 0. The monoisotopic (exact) mass is 313 g/mol. The van der Waals surface area contributed by atoms with Gasteiger partial charge in [0.1, 0.15) is 0 Å². The largest absolute Gasteiger partial charge is 0.338 e. The Bertz CT molecular complexity index is 289. The van der Waals surface area contributed by atoms with Gasteiger partial charge < -0.3 is 4.90 Å². The molecule has 3 saturated heterocycles. The van der Waals surface area contributed by atoms with Gasteiger partial charge in [0.2, 0.25) is 5.91 Å². The number of nitrogens with zero attached hydrogens (tertiary/aromatic N) is 2. The second-order valence-corrected chi connectivity index (χ2v) is 5.92. The van der Waals surface area contributed by atoms with Gasteiger partial charge in [0.15, 0.2) is 0 Å². The Balaban J connectivity index is 0.000000810. The van der Waals surface area contributed by atoms with Gasteiger partial charge in [-0.1, -0.05) is 0 Å². The van der Waals surface area contributed by atoms with Crippen molar-refractivity contribution in [3.05, 3.63) is 0 Å². The number of halogens is 2. The van der Waals surface area contributed by atoms with E-state index in [9.17, 15) is 4.79 Å². The molecule has 0 saturated carbocycles. The van der Waals surface area contributed by atoms with Crippen molar-refractivity contribution >= 4 is 42.5 Å². The number of hydrogen-bond acceptors (Lipinski definition) is 4. The van der Waals surface area contributed by atoms with Crippen LogP contribution in [0, 0.1) is 0 Å². The Morgan fingerprint density at radius 2 is 2.06 bits per heavy atom. The van der Waals surface area contributed by atoms with Crippen molar-refractivity contribution in [2.75, 3.05) is 37.8 Å². The van der Waals surface area contributed by atoms with Crippen LogP contribution >= 0.6 is 36.6 Å². The molecule has 4 nitrogen and oxygen atoms in total. The molecule has 2 unspecified atom stereocenters. The first-order chi connectivity index (χ1) is 7.84. The van der Waals surface area contributed by atoms with E-state index in [2.05, 4.69) is 15.1 Å². The highest BCUT2D eigenvalue weighted by molar-refractivity contribution is 7.99. The van der Waals surface area contributed by atoms with Crippen LogP contribution in [0.5, 0.6) is 0 Å². The number of carbonyl (C=O) groups excluding carboxylic acids is 1. The van der Waals surface area contributed by atoms with Crippen molar-refractivity contribution in [3.63, 3.8) is 0 Å². The van der Waals surface area contributed by atoms with E-state index in [0.29, 0.717) is 11.9 Å². The summed E-state index contributed by atoms with van der Waals surface area (Å²) >= 11 is 1.82. The molecule has 0 radical (unpaired) electrons. The van der Waals surface area contributed by atoms with Gasteiger partial charge in [0.25, 0.3) is 0 Å². The quantitative estimate of drug-likeness (QED) is 0.777. The molecule has 0 spiro atoms. The van der Waals surface area contributed by atoms with Crippen LogP contribution in [0.2, 0.25) is 0 Å². The predicted octanol–water partition coefficient (Wildman–Crippen LogP) is 0.799. The number of carbonyl (C=O) groups is 1. The second-order valence-electron chi connectivity index (χ2n) is 4.89. The summed E-state index contributed by atoms with van der Waals surface area (Å²) in [5, 5.41) is 3.27. The van der Waals surface area contributed by atoms with E-state index < -0.39 is 0 Å². The van der Waals surface area contributed by atoms with Gasteiger partial charge in [-0.2, -0.15) is 0 Å². The molecule has 0 aromatic rings. The molecular formula is C11H21Cl2N3OS. The molecule has 2 atom stereocenters. The van der Waals surface area contributed by atoms with Crippen molar-refractivity contribution in [2.24, 2.45) is 0 Å². The van der Waals surface area contributed by atoms with Gasteiger partial charge in [0, 0.05) is 37.3 Å². The zero-order chi connectivity index (χ0) is 11.0. The fraction of sp³-hybridized carbons (Fsp3) is 0.909. The van der Waals surface area contributed by atoms with E-state index in [0.717, 1.165) is 31.3 Å². The number of amides is 1. The third-order valence-electron chi connectivity index (χ3n) is 3.91. The summed E-state index contributed by atoms with van der Waals surface area (Å²) in [6.07, 6.45) is 2.58. The van der Waals surface area contributed by atoms with Crippen LogP contribution in [0.4, 0.5) is 0 Å². The minimum Gasteiger partial charge on any atom is -0.338 e. The van der Waals surface area contributed by atoms with Crippen LogP contribution in [0.3, 0.4) is 0 Å². The molecule has 106 valence electrons. The highest BCUT2D eigenvalue weighted by Crippen LogP contribution is 2.22. The van der Waals surface area contributed by atoms with E-state index >= 15 is 0 Å². The molecule has 1 amide bonds. The summed E-state index contributed by atoms with van der Waals surface area (Å²) in [6, 6.07) is 0.727. The molecule has 3 fully saturated rings. The van der Waals surface area contributed by atoms with Gasteiger partial charge in [0.05, 0.1) is 6.04 Å². The minimum atomic E-state index is 0. The third kappa shape index (κ3) is 3.25. The van der Waals surface area contributed by atoms with Gasteiger partial charge >= 0.3 is 0 Å². The SMILES string of the molecule is Cl.Cl.O=C(C1CSCN1)N1CCN2CCCC2C1. The smallest absolute Gasteiger partial charge is 0.240 e. The number of nitrogens with one attached hydrogen (secondary N) is 1. The van der Waals surface area contributed by atoms with Crippen molar-refractivity contribution in [2.45, 2.75) is 24.9 Å². The first-order valence-corrected chi connectivity index (χ1v) is 7.34. The predicted molar refractivity (Wildman–Crippen MR) is 79.9 cm³/mol. The Kier molecular flexibility index (Phi) is 6.55. The molecule has 7 heteroatoms. The molecule has 0 aromatic heterocycles. The lowest BCUT2D eigenvalue weighted by atomic mass is 10.1. The average Bonchev–Trinajstić information content (AvgIpc) is 2.98. The Hall–Kier alpha value is 0.320. The van der Waals surface area contributed by atoms with Gasteiger partial charge in [-0.05, 0) is 19.4 Å². The fourth-order valence-electron chi connectivity index (χ4n) is 2.97. The van der Waals surface area contributed by atoms with Crippen LogP contribution in [-0.2, 0) is 4.79 Å². The number of fused-ring (bicyclic) bond motifs is 1. The topological polar surface area (TPSA) is 35.6 Å². The Labute approximate surface area is 125 Å². The highest BCUT2D eigenvalue weighted by Gasteiger charge is 2.35. The van der Waals surface area contributed by atoms with Crippen molar-refractivity contribution in [3.8, 4) is 0 Å². The van der Waals surface area contributed by atoms with E-state index in [4.69, 9.17) is 0 Å². The molecular weight excluding hydrogens is 293 g/mol. The van der Waals surface area contributed by atoms with Crippen LogP contribution in [0.15, 0.2) is 0 Å². The molecule has 0 bridgehead atoms. The third-order valence-corrected chi connectivity index (χ3v) is 4.85. The maximum Gasteiger partial charge on any atom is 0.240 e. The standard InChI is InChI=1S/C11H19N3OS.2ClH/c15-11(10-7-16-8-12-10)14-5-4-13-3-1-2-9(13)6-14;;/h9-10,12H,1-8H2;2*1H. The zero-order valence-electron chi connectivity index (χ0n) is 10.3. The summed E-state index contributed by atoms with van der Waals surface area (Å²) < 4.78 is 0. The number of hydrogen-bond donors (Lipinski definition) is 1. The summed E-state index contributed by atoms with van der Waals surface area (Å²) in [5.74, 6) is 2.21. The van der Waals surface area contributed by atoms with Crippen molar-refractivity contribution in [1.29, 1.82) is 0 Å². The van der Waals surface area contributed by atoms with Gasteiger partial charge in [-0.25, -0.2) is 0 Å². The molecule has 1 N–H and O–H groups in total. The van der Waals surface area contributed by atoms with E-state index in [1.54, 1.807) is 0 Å². The number of thioether (sulfide) groups is 1. The van der Waals surface area contributed by atoms with Crippen LogP contribution < -0.4 is 5.32 Å². The number of rotatable bonds is 1. The maximum atomic E-state index is 12.2. The summed E-state index contributed by atoms with van der Waals surface area (Å²) in [5.41, 5.74) is 0. The van der Waals surface area contributed by atoms with Gasteiger partial charge in [-0.3, -0.25) is 15.0 Å². The lowest BCUT2D eigenvalue weighted by Crippen LogP contribution is -2.55. The van der Waals surface area contributed by atoms with Crippen LogP contribution in [0.1, 0.15) is 12.8 Å². The van der Waals surface area contributed by atoms with Crippen LogP contribution in [-0.4, -0.2) is 65.6 Å². The van der Waals surface area contributed by atoms with Gasteiger partial charge in [-0.15, -0.1) is 36.6 Å². The fourth-order valence-corrected chi connectivity index (χ4v) is 3.90. The average molecular weight is 314 g/mol. The van der Waals surface area contributed by atoms with Crippen molar-refractivity contribution < 1.29 is 4.79 Å². The van der Waals surface area contributed by atoms with E-state index in [-0.39, 0.29) is 30.9 Å². The minimum absolute atomic E-state index is 0. The molecule has 0 aliphatic carbocycles. The Morgan fingerprint density at radius 1 is 1.22 bits per heavy atom. The lowest BCUT2D eigenvalue weighted by Gasteiger charge is -2.38. The maximum absolute atomic E-state index is 12.2. The first kappa shape index (κ1) is 16.4. The molecule has 18 heavy (non-hydrogen) atoms. The summed E-state index contributed by atoms with van der Waals surface area (Å²) in [6.45, 7) is 4.21.